The highest BCUT2D eigenvalue weighted by atomic mass is 35.5. The molecule has 0 aliphatic heterocycles. The molecule has 2 aromatic rings. The summed E-state index contributed by atoms with van der Waals surface area (Å²) in [7, 11) is 1.58. The SMILES string of the molecule is CN(Cc1ccccc1Cl)C(=O)c1cc([N+](=O)[O-])ccc1Cl. The Morgan fingerprint density at radius 2 is 1.86 bits per heavy atom. The van der Waals surface area contributed by atoms with E-state index in [0.29, 0.717) is 5.02 Å². The van der Waals surface area contributed by atoms with Gasteiger partial charge in [0, 0.05) is 30.7 Å². The van der Waals surface area contributed by atoms with Crippen LogP contribution in [0.3, 0.4) is 0 Å². The van der Waals surface area contributed by atoms with E-state index in [1.807, 2.05) is 6.07 Å². The Morgan fingerprint density at radius 3 is 2.50 bits per heavy atom. The molecule has 0 bridgehead atoms. The van der Waals surface area contributed by atoms with Crippen LogP contribution in [0.1, 0.15) is 15.9 Å². The zero-order valence-corrected chi connectivity index (χ0v) is 13.1. The van der Waals surface area contributed by atoms with Crippen molar-refractivity contribution in [1.29, 1.82) is 0 Å². The molecule has 2 rings (SSSR count). The molecule has 0 aromatic heterocycles. The molecule has 1 amide bonds. The van der Waals surface area contributed by atoms with Gasteiger partial charge in [-0.05, 0) is 17.7 Å². The number of nitro groups is 1. The van der Waals surface area contributed by atoms with Crippen LogP contribution in [0.25, 0.3) is 0 Å². The molecule has 5 nitrogen and oxygen atoms in total. The van der Waals surface area contributed by atoms with Crippen LogP contribution in [0.15, 0.2) is 42.5 Å². The van der Waals surface area contributed by atoms with Crippen molar-refractivity contribution in [3.05, 3.63) is 73.8 Å². The summed E-state index contributed by atoms with van der Waals surface area (Å²) in [4.78, 5) is 24.1. The van der Waals surface area contributed by atoms with Crippen molar-refractivity contribution in [3.8, 4) is 0 Å². The normalized spacial score (nSPS) is 10.3. The fourth-order valence-corrected chi connectivity index (χ4v) is 2.34. The molecule has 0 aliphatic carbocycles. The first-order valence-corrected chi connectivity index (χ1v) is 7.08. The number of nitrogens with zero attached hydrogens (tertiary/aromatic N) is 2. The Hall–Kier alpha value is -2.11. The second-order valence-corrected chi connectivity index (χ2v) is 5.49. The van der Waals surface area contributed by atoms with Crippen LogP contribution in [0.5, 0.6) is 0 Å². The summed E-state index contributed by atoms with van der Waals surface area (Å²) in [5.74, 6) is -0.409. The minimum Gasteiger partial charge on any atom is -0.337 e. The summed E-state index contributed by atoms with van der Waals surface area (Å²) < 4.78 is 0. The first kappa shape index (κ1) is 16.3. The minimum atomic E-state index is -0.568. The van der Waals surface area contributed by atoms with Crippen LogP contribution in [-0.2, 0) is 6.54 Å². The van der Waals surface area contributed by atoms with Gasteiger partial charge >= 0.3 is 0 Å². The molecule has 0 radical (unpaired) electrons. The molecular formula is C15H12Cl2N2O3. The Balaban J connectivity index is 2.26. The molecule has 0 N–H and O–H groups in total. The number of halogens is 2. The second-order valence-electron chi connectivity index (χ2n) is 4.67. The molecular weight excluding hydrogens is 327 g/mol. The highest BCUT2D eigenvalue weighted by Gasteiger charge is 2.19. The number of carbonyl (C=O) groups excluding carboxylic acids is 1. The molecule has 22 heavy (non-hydrogen) atoms. The molecule has 0 aliphatic rings. The number of non-ortho nitro benzene ring substituents is 1. The maximum Gasteiger partial charge on any atom is 0.270 e. The van der Waals surface area contributed by atoms with Crippen molar-refractivity contribution in [2.75, 3.05) is 7.05 Å². The number of benzene rings is 2. The fourth-order valence-electron chi connectivity index (χ4n) is 1.95. The Labute approximate surface area is 137 Å². The lowest BCUT2D eigenvalue weighted by Gasteiger charge is -2.18. The van der Waals surface area contributed by atoms with E-state index in [1.165, 1.54) is 23.1 Å². The quantitative estimate of drug-likeness (QED) is 0.620. The largest absolute Gasteiger partial charge is 0.337 e. The van der Waals surface area contributed by atoms with Crippen molar-refractivity contribution in [2.45, 2.75) is 6.54 Å². The van der Waals surface area contributed by atoms with Gasteiger partial charge < -0.3 is 4.90 Å². The summed E-state index contributed by atoms with van der Waals surface area (Å²) in [6, 6.07) is 10.9. The van der Waals surface area contributed by atoms with Crippen molar-refractivity contribution < 1.29 is 9.72 Å². The van der Waals surface area contributed by atoms with E-state index in [4.69, 9.17) is 23.2 Å². The smallest absolute Gasteiger partial charge is 0.270 e. The zero-order valence-electron chi connectivity index (χ0n) is 11.6. The third kappa shape index (κ3) is 3.55. The molecule has 0 fully saturated rings. The van der Waals surface area contributed by atoms with E-state index in [2.05, 4.69) is 0 Å². The average Bonchev–Trinajstić information content (AvgIpc) is 2.49. The molecule has 114 valence electrons. The van der Waals surface area contributed by atoms with Gasteiger partial charge in [-0.1, -0.05) is 41.4 Å². The molecule has 0 saturated carbocycles. The Bertz CT molecular complexity index is 734. The van der Waals surface area contributed by atoms with E-state index < -0.39 is 10.8 Å². The number of amides is 1. The maximum atomic E-state index is 12.4. The molecule has 0 saturated heterocycles. The lowest BCUT2D eigenvalue weighted by molar-refractivity contribution is -0.384. The van der Waals surface area contributed by atoms with Crippen molar-refractivity contribution in [1.82, 2.24) is 4.90 Å². The Kier molecular flexibility index (Phi) is 5.00. The topological polar surface area (TPSA) is 63.5 Å². The molecule has 0 atom stereocenters. The van der Waals surface area contributed by atoms with Gasteiger partial charge in [-0.3, -0.25) is 14.9 Å². The first-order valence-electron chi connectivity index (χ1n) is 6.33. The van der Waals surface area contributed by atoms with Crippen LogP contribution in [0.4, 0.5) is 5.69 Å². The number of carbonyl (C=O) groups is 1. The number of rotatable bonds is 4. The summed E-state index contributed by atoms with van der Waals surface area (Å²) in [5.41, 5.74) is 0.686. The van der Waals surface area contributed by atoms with Gasteiger partial charge in [0.05, 0.1) is 15.5 Å². The van der Waals surface area contributed by atoms with Crippen LogP contribution in [-0.4, -0.2) is 22.8 Å². The third-order valence-electron chi connectivity index (χ3n) is 3.10. The van der Waals surface area contributed by atoms with Crippen molar-refractivity contribution >= 4 is 34.8 Å². The van der Waals surface area contributed by atoms with Gasteiger partial charge in [0.1, 0.15) is 0 Å². The molecule has 7 heteroatoms. The van der Waals surface area contributed by atoms with E-state index in [9.17, 15) is 14.9 Å². The summed E-state index contributed by atoms with van der Waals surface area (Å²) in [6.45, 7) is 0.275. The lowest BCUT2D eigenvalue weighted by atomic mass is 10.1. The van der Waals surface area contributed by atoms with E-state index >= 15 is 0 Å². The molecule has 2 aromatic carbocycles. The minimum absolute atomic E-state index is 0.0884. The number of nitro benzene ring substituents is 1. The molecule has 0 unspecified atom stereocenters. The van der Waals surface area contributed by atoms with Gasteiger partial charge in [0.15, 0.2) is 0 Å². The van der Waals surface area contributed by atoms with Crippen LogP contribution in [0.2, 0.25) is 10.0 Å². The van der Waals surface area contributed by atoms with Crippen LogP contribution in [0, 0.1) is 10.1 Å². The summed E-state index contributed by atoms with van der Waals surface area (Å²) >= 11 is 12.0. The standard InChI is InChI=1S/C15H12Cl2N2O3/c1-18(9-10-4-2-3-5-13(10)16)15(20)12-8-11(19(21)22)6-7-14(12)17/h2-8H,9H2,1H3. The summed E-state index contributed by atoms with van der Waals surface area (Å²) in [6.07, 6.45) is 0. The highest BCUT2D eigenvalue weighted by molar-refractivity contribution is 6.34. The van der Waals surface area contributed by atoms with Gasteiger partial charge in [-0.2, -0.15) is 0 Å². The van der Waals surface area contributed by atoms with Gasteiger partial charge in [0.2, 0.25) is 0 Å². The molecule has 0 spiro atoms. The number of hydrogen-bond acceptors (Lipinski definition) is 3. The van der Waals surface area contributed by atoms with E-state index in [0.717, 1.165) is 5.56 Å². The van der Waals surface area contributed by atoms with E-state index in [-0.39, 0.29) is 22.8 Å². The van der Waals surface area contributed by atoms with Crippen LogP contribution < -0.4 is 0 Å². The summed E-state index contributed by atoms with van der Waals surface area (Å²) in [5, 5.41) is 11.5. The third-order valence-corrected chi connectivity index (χ3v) is 3.80. The lowest BCUT2D eigenvalue weighted by Crippen LogP contribution is -2.26. The van der Waals surface area contributed by atoms with Gasteiger partial charge in [0.25, 0.3) is 11.6 Å². The average molecular weight is 339 g/mol. The second kappa shape index (κ2) is 6.77. The van der Waals surface area contributed by atoms with E-state index in [1.54, 1.807) is 25.2 Å². The monoisotopic (exact) mass is 338 g/mol. The van der Waals surface area contributed by atoms with Crippen molar-refractivity contribution in [2.24, 2.45) is 0 Å². The fraction of sp³-hybridized carbons (Fsp3) is 0.133. The number of hydrogen-bond donors (Lipinski definition) is 0. The van der Waals surface area contributed by atoms with Gasteiger partial charge in [-0.15, -0.1) is 0 Å². The zero-order chi connectivity index (χ0) is 16.3. The van der Waals surface area contributed by atoms with Gasteiger partial charge in [-0.25, -0.2) is 0 Å². The first-order chi connectivity index (χ1) is 10.4. The van der Waals surface area contributed by atoms with Crippen molar-refractivity contribution in [3.63, 3.8) is 0 Å². The maximum absolute atomic E-state index is 12.4. The van der Waals surface area contributed by atoms with Crippen LogP contribution >= 0.6 is 23.2 Å². The predicted octanol–water partition coefficient (Wildman–Crippen LogP) is 4.17. The Morgan fingerprint density at radius 1 is 1.18 bits per heavy atom. The molecule has 0 heterocycles. The predicted molar refractivity (Wildman–Crippen MR) is 85.4 cm³/mol. The highest BCUT2D eigenvalue weighted by Crippen LogP contribution is 2.24.